The van der Waals surface area contributed by atoms with E-state index in [0.717, 1.165) is 22.9 Å². The van der Waals surface area contributed by atoms with Crippen molar-refractivity contribution in [1.82, 2.24) is 4.98 Å². The van der Waals surface area contributed by atoms with Gasteiger partial charge in [0, 0.05) is 6.07 Å². The standard InChI is InChI=1S/C20H19N3O3S/c1-12-7-14(3)15(8-13(12)2)9-16(11-21)20-22-18-6-5-17(10-19(18)26-20)23-27(4,24)25/h5-10,23H,1-4H3/b16-9+. The number of oxazole rings is 1. The zero-order chi connectivity index (χ0) is 19.8. The van der Waals surface area contributed by atoms with Gasteiger partial charge in [-0.2, -0.15) is 5.26 Å². The number of allylic oxidation sites excluding steroid dienone is 1. The molecule has 6 nitrogen and oxygen atoms in total. The molecule has 138 valence electrons. The number of nitrogens with zero attached hydrogens (tertiary/aromatic N) is 2. The third kappa shape index (κ3) is 4.18. The lowest BCUT2D eigenvalue weighted by molar-refractivity contribution is 0.587. The summed E-state index contributed by atoms with van der Waals surface area (Å²) < 4.78 is 30.8. The Balaban J connectivity index is 2.04. The van der Waals surface area contributed by atoms with Gasteiger partial charge >= 0.3 is 0 Å². The summed E-state index contributed by atoms with van der Waals surface area (Å²) in [4.78, 5) is 4.35. The van der Waals surface area contributed by atoms with E-state index in [9.17, 15) is 13.7 Å². The maximum atomic E-state index is 11.4. The number of benzene rings is 2. The molecule has 0 radical (unpaired) electrons. The normalized spacial score (nSPS) is 12.2. The second-order valence-corrected chi connectivity index (χ2v) is 8.29. The van der Waals surface area contributed by atoms with Crippen LogP contribution in [-0.4, -0.2) is 19.7 Å². The molecule has 0 aliphatic heterocycles. The van der Waals surface area contributed by atoms with E-state index in [2.05, 4.69) is 21.8 Å². The third-order valence-electron chi connectivity index (χ3n) is 4.22. The minimum atomic E-state index is -3.39. The van der Waals surface area contributed by atoms with Crippen LogP contribution in [0.15, 0.2) is 34.7 Å². The fourth-order valence-electron chi connectivity index (χ4n) is 2.75. The third-order valence-corrected chi connectivity index (χ3v) is 4.83. The zero-order valence-corrected chi connectivity index (χ0v) is 16.3. The molecule has 27 heavy (non-hydrogen) atoms. The Morgan fingerprint density at radius 1 is 1.15 bits per heavy atom. The maximum absolute atomic E-state index is 11.4. The van der Waals surface area contributed by atoms with Gasteiger partial charge in [0.15, 0.2) is 5.58 Å². The van der Waals surface area contributed by atoms with Crippen LogP contribution < -0.4 is 4.72 Å². The molecule has 1 heterocycles. The second kappa shape index (κ2) is 6.89. The van der Waals surface area contributed by atoms with Gasteiger partial charge in [-0.3, -0.25) is 4.72 Å². The Bertz CT molecular complexity index is 1220. The van der Waals surface area contributed by atoms with Crippen molar-refractivity contribution in [2.45, 2.75) is 20.8 Å². The fraction of sp³-hybridized carbons (Fsp3) is 0.200. The summed E-state index contributed by atoms with van der Waals surface area (Å²) in [5.41, 5.74) is 5.93. The number of hydrogen-bond acceptors (Lipinski definition) is 5. The van der Waals surface area contributed by atoms with Crippen molar-refractivity contribution >= 4 is 38.5 Å². The van der Waals surface area contributed by atoms with Gasteiger partial charge in [-0.1, -0.05) is 12.1 Å². The summed E-state index contributed by atoms with van der Waals surface area (Å²) in [6, 6.07) is 11.0. The van der Waals surface area contributed by atoms with Gasteiger partial charge in [0.1, 0.15) is 17.2 Å². The molecular formula is C20H19N3O3S. The lowest BCUT2D eigenvalue weighted by Gasteiger charge is -2.06. The molecule has 7 heteroatoms. The Labute approximate surface area is 158 Å². The molecule has 0 spiro atoms. The van der Waals surface area contributed by atoms with Crippen LogP contribution in [0, 0.1) is 32.1 Å². The van der Waals surface area contributed by atoms with E-state index in [0.29, 0.717) is 22.4 Å². The SMILES string of the molecule is Cc1cc(C)c(/C=C(\C#N)c2nc3ccc(NS(C)(=O)=O)cc3o2)cc1C. The lowest BCUT2D eigenvalue weighted by atomic mass is 9.99. The van der Waals surface area contributed by atoms with Crippen molar-refractivity contribution in [3.8, 4) is 6.07 Å². The number of anilines is 1. The van der Waals surface area contributed by atoms with Gasteiger partial charge in [-0.05, 0) is 61.2 Å². The first-order valence-electron chi connectivity index (χ1n) is 8.24. The minimum Gasteiger partial charge on any atom is -0.435 e. The molecular weight excluding hydrogens is 362 g/mol. The number of nitriles is 1. The highest BCUT2D eigenvalue weighted by Gasteiger charge is 2.13. The van der Waals surface area contributed by atoms with Crippen LogP contribution in [0.3, 0.4) is 0 Å². The molecule has 0 unspecified atom stereocenters. The number of fused-ring (bicyclic) bond motifs is 1. The molecule has 3 rings (SSSR count). The van der Waals surface area contributed by atoms with Crippen molar-refractivity contribution in [3.63, 3.8) is 0 Å². The number of hydrogen-bond donors (Lipinski definition) is 1. The van der Waals surface area contributed by atoms with Crippen molar-refractivity contribution in [1.29, 1.82) is 5.26 Å². The van der Waals surface area contributed by atoms with Crippen molar-refractivity contribution in [3.05, 3.63) is 58.5 Å². The van der Waals surface area contributed by atoms with Gasteiger partial charge in [0.05, 0.1) is 11.9 Å². The molecule has 0 saturated heterocycles. The summed E-state index contributed by atoms with van der Waals surface area (Å²) in [5, 5.41) is 9.58. The van der Waals surface area contributed by atoms with E-state index < -0.39 is 10.0 Å². The highest BCUT2D eigenvalue weighted by molar-refractivity contribution is 7.92. The summed E-state index contributed by atoms with van der Waals surface area (Å²) in [6.07, 6.45) is 2.83. The van der Waals surface area contributed by atoms with E-state index in [-0.39, 0.29) is 5.89 Å². The molecule has 1 N–H and O–H groups in total. The van der Waals surface area contributed by atoms with E-state index in [4.69, 9.17) is 4.42 Å². The molecule has 0 amide bonds. The predicted octanol–water partition coefficient (Wildman–Crippen LogP) is 4.19. The summed E-state index contributed by atoms with van der Waals surface area (Å²) in [7, 11) is -3.39. The number of sulfonamides is 1. The number of aryl methyl sites for hydroxylation is 3. The first kappa shape index (κ1) is 18.7. The van der Waals surface area contributed by atoms with Crippen LogP contribution in [0.2, 0.25) is 0 Å². The Morgan fingerprint density at radius 3 is 2.52 bits per heavy atom. The van der Waals surface area contributed by atoms with Gasteiger partial charge in [-0.25, -0.2) is 13.4 Å². The number of nitrogens with one attached hydrogen (secondary N) is 1. The smallest absolute Gasteiger partial charge is 0.238 e. The molecule has 0 fully saturated rings. The topological polar surface area (TPSA) is 96.0 Å². The van der Waals surface area contributed by atoms with Gasteiger partial charge < -0.3 is 4.42 Å². The molecule has 2 aromatic carbocycles. The number of rotatable bonds is 4. The molecule has 0 saturated carbocycles. The van der Waals surface area contributed by atoms with Crippen molar-refractivity contribution in [2.75, 3.05) is 11.0 Å². The summed E-state index contributed by atoms with van der Waals surface area (Å²) >= 11 is 0. The number of aromatic nitrogens is 1. The van der Waals surface area contributed by atoms with Crippen LogP contribution >= 0.6 is 0 Å². The first-order chi connectivity index (χ1) is 12.7. The molecule has 0 aliphatic carbocycles. The predicted molar refractivity (Wildman–Crippen MR) is 107 cm³/mol. The molecule has 0 bridgehead atoms. The first-order valence-corrected chi connectivity index (χ1v) is 10.1. The molecule has 1 aromatic heterocycles. The minimum absolute atomic E-state index is 0.196. The summed E-state index contributed by atoms with van der Waals surface area (Å²) in [6.45, 7) is 6.06. The Hall–Kier alpha value is -3.11. The zero-order valence-electron chi connectivity index (χ0n) is 15.5. The second-order valence-electron chi connectivity index (χ2n) is 6.54. The van der Waals surface area contributed by atoms with Crippen molar-refractivity contribution < 1.29 is 12.8 Å². The maximum Gasteiger partial charge on any atom is 0.238 e. The van der Waals surface area contributed by atoms with Crippen molar-refractivity contribution in [2.24, 2.45) is 0 Å². The Kier molecular flexibility index (Phi) is 4.77. The van der Waals surface area contributed by atoms with Crippen LogP contribution in [0.4, 0.5) is 5.69 Å². The summed E-state index contributed by atoms with van der Waals surface area (Å²) in [5.74, 6) is 0.196. The van der Waals surface area contributed by atoms with E-state index in [1.54, 1.807) is 24.3 Å². The van der Waals surface area contributed by atoms with Crippen LogP contribution in [-0.2, 0) is 10.0 Å². The van der Waals surface area contributed by atoms with Crippen LogP contribution in [0.5, 0.6) is 0 Å². The Morgan fingerprint density at radius 2 is 1.85 bits per heavy atom. The van der Waals surface area contributed by atoms with Gasteiger partial charge in [-0.15, -0.1) is 0 Å². The van der Waals surface area contributed by atoms with Gasteiger partial charge in [0.2, 0.25) is 15.9 Å². The molecule has 3 aromatic rings. The van der Waals surface area contributed by atoms with Crippen LogP contribution in [0.1, 0.15) is 28.1 Å². The quantitative estimate of drug-likeness (QED) is 0.684. The van der Waals surface area contributed by atoms with Gasteiger partial charge in [0.25, 0.3) is 0 Å². The van der Waals surface area contributed by atoms with Crippen LogP contribution in [0.25, 0.3) is 22.7 Å². The van der Waals surface area contributed by atoms with E-state index in [1.807, 2.05) is 26.8 Å². The average Bonchev–Trinajstić information content (AvgIpc) is 2.98. The molecule has 0 aliphatic rings. The highest BCUT2D eigenvalue weighted by Crippen LogP contribution is 2.26. The lowest BCUT2D eigenvalue weighted by Crippen LogP contribution is -2.09. The highest BCUT2D eigenvalue weighted by atomic mass is 32.2. The largest absolute Gasteiger partial charge is 0.435 e. The monoisotopic (exact) mass is 381 g/mol. The van der Waals surface area contributed by atoms with E-state index >= 15 is 0 Å². The average molecular weight is 381 g/mol. The fourth-order valence-corrected chi connectivity index (χ4v) is 3.31. The molecule has 0 atom stereocenters. The van der Waals surface area contributed by atoms with E-state index in [1.165, 1.54) is 5.56 Å².